The molecule has 1 aliphatic carbocycles. The second-order valence-corrected chi connectivity index (χ2v) is 5.81. The Morgan fingerprint density at radius 3 is 3.00 bits per heavy atom. The molecule has 5 nitrogen and oxygen atoms in total. The number of nitrogens with zero attached hydrogens (tertiary/aromatic N) is 2. The van der Waals surface area contributed by atoms with Gasteiger partial charge in [0.2, 0.25) is 0 Å². The summed E-state index contributed by atoms with van der Waals surface area (Å²) in [6, 6.07) is 7.49. The Balaban J connectivity index is 1.80. The monoisotopic (exact) mass is 299 g/mol. The molecule has 0 spiro atoms. The summed E-state index contributed by atoms with van der Waals surface area (Å²) in [5.41, 5.74) is 3.39. The first-order valence-electron chi connectivity index (χ1n) is 7.71. The maximum Gasteiger partial charge on any atom is 0.255 e. The molecule has 0 bridgehead atoms. The average Bonchev–Trinajstić information content (AvgIpc) is 3.00. The van der Waals surface area contributed by atoms with E-state index >= 15 is 0 Å². The smallest absolute Gasteiger partial charge is 0.255 e. The Labute approximate surface area is 130 Å². The molecule has 1 aliphatic rings. The van der Waals surface area contributed by atoms with Crippen LogP contribution in [0.1, 0.15) is 46.6 Å². The minimum absolute atomic E-state index is 0.180. The number of aromatic nitrogens is 2. The second-order valence-electron chi connectivity index (χ2n) is 5.81. The zero-order valence-electron chi connectivity index (χ0n) is 12.9. The lowest BCUT2D eigenvalue weighted by Crippen LogP contribution is -2.34. The molecule has 0 saturated heterocycles. The summed E-state index contributed by atoms with van der Waals surface area (Å²) in [6.07, 6.45) is 2.75. The number of rotatable bonds is 4. The summed E-state index contributed by atoms with van der Waals surface area (Å²) in [4.78, 5) is 12.5. The predicted molar refractivity (Wildman–Crippen MR) is 83.6 cm³/mol. The van der Waals surface area contributed by atoms with Crippen molar-refractivity contribution in [3.05, 3.63) is 52.8 Å². The zero-order valence-corrected chi connectivity index (χ0v) is 12.9. The lowest BCUT2D eigenvalue weighted by molar-refractivity contribution is 0.0857. The number of aliphatic hydroxyl groups excluding tert-OH is 1. The second kappa shape index (κ2) is 5.93. The summed E-state index contributed by atoms with van der Waals surface area (Å²) in [6.45, 7) is 4.70. The number of hydrogen-bond donors (Lipinski definition) is 2. The van der Waals surface area contributed by atoms with E-state index in [-0.39, 0.29) is 11.9 Å². The van der Waals surface area contributed by atoms with E-state index in [0.29, 0.717) is 17.7 Å². The van der Waals surface area contributed by atoms with E-state index in [9.17, 15) is 9.90 Å². The molecule has 3 rings (SSSR count). The molecule has 1 heterocycles. The first kappa shape index (κ1) is 14.8. The van der Waals surface area contributed by atoms with Crippen molar-refractivity contribution < 1.29 is 9.90 Å². The third-order valence-electron chi connectivity index (χ3n) is 4.13. The summed E-state index contributed by atoms with van der Waals surface area (Å²) in [7, 11) is 0. The minimum Gasteiger partial charge on any atom is -0.390 e. The Morgan fingerprint density at radius 2 is 2.23 bits per heavy atom. The van der Waals surface area contributed by atoms with Crippen molar-refractivity contribution in [3.8, 4) is 0 Å². The average molecular weight is 299 g/mol. The van der Waals surface area contributed by atoms with Gasteiger partial charge in [0, 0.05) is 19.2 Å². The van der Waals surface area contributed by atoms with Gasteiger partial charge in [0.15, 0.2) is 0 Å². The highest BCUT2D eigenvalue weighted by atomic mass is 16.3. The standard InChI is InChI=1S/C17H21N3O2/c1-3-8-20-10-14(11(2)19-20)17(22)18-16-13-7-5-4-6-12(13)9-15(16)21/h4-7,10,15-16,21H,3,8-9H2,1-2H3,(H,18,22)/t15-,16-/m1/s1. The molecule has 2 atom stereocenters. The summed E-state index contributed by atoms with van der Waals surface area (Å²) in [5, 5.41) is 17.5. The van der Waals surface area contributed by atoms with E-state index in [2.05, 4.69) is 17.3 Å². The van der Waals surface area contributed by atoms with Gasteiger partial charge in [-0.05, 0) is 24.5 Å². The van der Waals surface area contributed by atoms with Crippen molar-refractivity contribution in [3.63, 3.8) is 0 Å². The van der Waals surface area contributed by atoms with Gasteiger partial charge in [-0.15, -0.1) is 0 Å². The highest BCUT2D eigenvalue weighted by Gasteiger charge is 2.32. The molecule has 22 heavy (non-hydrogen) atoms. The largest absolute Gasteiger partial charge is 0.390 e. The zero-order chi connectivity index (χ0) is 15.7. The summed E-state index contributed by atoms with van der Waals surface area (Å²) in [5.74, 6) is -0.180. The quantitative estimate of drug-likeness (QED) is 0.907. The van der Waals surface area contributed by atoms with Gasteiger partial charge >= 0.3 is 0 Å². The Morgan fingerprint density at radius 1 is 1.45 bits per heavy atom. The van der Waals surface area contributed by atoms with Gasteiger partial charge in [-0.2, -0.15) is 5.10 Å². The number of nitrogens with one attached hydrogen (secondary N) is 1. The van der Waals surface area contributed by atoms with Crippen molar-refractivity contribution in [1.82, 2.24) is 15.1 Å². The van der Waals surface area contributed by atoms with Crippen LogP contribution in [0.5, 0.6) is 0 Å². The van der Waals surface area contributed by atoms with Crippen LogP contribution in [-0.4, -0.2) is 26.9 Å². The molecular formula is C17H21N3O2. The van der Waals surface area contributed by atoms with Crippen LogP contribution in [0.2, 0.25) is 0 Å². The highest BCUT2D eigenvalue weighted by molar-refractivity contribution is 5.95. The number of benzene rings is 1. The Kier molecular flexibility index (Phi) is 3.98. The number of carbonyl (C=O) groups is 1. The van der Waals surface area contributed by atoms with Gasteiger partial charge in [0.1, 0.15) is 0 Å². The lowest BCUT2D eigenvalue weighted by atomic mass is 10.1. The fourth-order valence-corrected chi connectivity index (χ4v) is 3.05. The number of hydrogen-bond acceptors (Lipinski definition) is 3. The minimum atomic E-state index is -0.577. The highest BCUT2D eigenvalue weighted by Crippen LogP contribution is 2.31. The Bertz CT molecular complexity index is 693. The van der Waals surface area contributed by atoms with Crippen LogP contribution in [0.3, 0.4) is 0 Å². The van der Waals surface area contributed by atoms with Crippen molar-refractivity contribution in [2.24, 2.45) is 0 Å². The van der Waals surface area contributed by atoms with E-state index in [0.717, 1.165) is 24.1 Å². The maximum atomic E-state index is 12.5. The molecule has 0 aliphatic heterocycles. The van der Waals surface area contributed by atoms with Gasteiger partial charge in [0.25, 0.3) is 5.91 Å². The van der Waals surface area contributed by atoms with Crippen LogP contribution < -0.4 is 5.32 Å². The summed E-state index contributed by atoms with van der Waals surface area (Å²) < 4.78 is 1.79. The number of carbonyl (C=O) groups excluding carboxylic acids is 1. The van der Waals surface area contributed by atoms with Gasteiger partial charge in [-0.1, -0.05) is 31.2 Å². The van der Waals surface area contributed by atoms with E-state index < -0.39 is 6.10 Å². The van der Waals surface area contributed by atoms with E-state index in [1.807, 2.05) is 31.2 Å². The first-order valence-corrected chi connectivity index (χ1v) is 7.71. The number of fused-ring (bicyclic) bond motifs is 1. The van der Waals surface area contributed by atoms with Gasteiger partial charge in [-0.25, -0.2) is 0 Å². The number of aliphatic hydroxyl groups is 1. The molecule has 116 valence electrons. The molecule has 0 fully saturated rings. The van der Waals surface area contributed by atoms with Crippen LogP contribution in [0, 0.1) is 6.92 Å². The molecule has 2 N–H and O–H groups in total. The molecule has 1 amide bonds. The van der Waals surface area contributed by atoms with Crippen LogP contribution >= 0.6 is 0 Å². The van der Waals surface area contributed by atoms with Crippen molar-refractivity contribution in [2.75, 3.05) is 0 Å². The third kappa shape index (κ3) is 2.64. The van der Waals surface area contributed by atoms with Crippen molar-refractivity contribution >= 4 is 5.91 Å². The van der Waals surface area contributed by atoms with E-state index in [1.165, 1.54) is 0 Å². The molecule has 1 aromatic carbocycles. The third-order valence-corrected chi connectivity index (χ3v) is 4.13. The molecule has 0 saturated carbocycles. The molecular weight excluding hydrogens is 278 g/mol. The van der Waals surface area contributed by atoms with E-state index in [1.54, 1.807) is 10.9 Å². The normalized spacial score (nSPS) is 20.0. The van der Waals surface area contributed by atoms with Crippen LogP contribution in [0.25, 0.3) is 0 Å². The van der Waals surface area contributed by atoms with Crippen molar-refractivity contribution in [1.29, 1.82) is 0 Å². The molecule has 1 aromatic heterocycles. The first-order chi connectivity index (χ1) is 10.6. The molecule has 0 radical (unpaired) electrons. The fraction of sp³-hybridized carbons (Fsp3) is 0.412. The number of amides is 1. The van der Waals surface area contributed by atoms with Crippen LogP contribution in [-0.2, 0) is 13.0 Å². The fourth-order valence-electron chi connectivity index (χ4n) is 3.05. The Hall–Kier alpha value is -2.14. The lowest BCUT2D eigenvalue weighted by Gasteiger charge is -2.17. The van der Waals surface area contributed by atoms with Gasteiger partial charge in [-0.3, -0.25) is 9.48 Å². The van der Waals surface area contributed by atoms with Crippen LogP contribution in [0.15, 0.2) is 30.5 Å². The summed E-state index contributed by atoms with van der Waals surface area (Å²) >= 11 is 0. The van der Waals surface area contributed by atoms with E-state index in [4.69, 9.17) is 0 Å². The molecule has 2 aromatic rings. The topological polar surface area (TPSA) is 67.2 Å². The van der Waals surface area contributed by atoms with Gasteiger partial charge in [0.05, 0.1) is 23.4 Å². The number of aryl methyl sites for hydroxylation is 2. The van der Waals surface area contributed by atoms with Gasteiger partial charge < -0.3 is 10.4 Å². The maximum absolute atomic E-state index is 12.5. The SMILES string of the molecule is CCCn1cc(C(=O)N[C@@H]2c3ccccc3C[C@H]2O)c(C)n1. The molecule has 0 unspecified atom stereocenters. The predicted octanol–water partition coefficient (Wildman–Crippen LogP) is 1.99. The molecule has 5 heteroatoms. The van der Waals surface area contributed by atoms with Crippen molar-refractivity contribution in [2.45, 2.75) is 45.4 Å². The van der Waals surface area contributed by atoms with Crippen LogP contribution in [0.4, 0.5) is 0 Å².